The summed E-state index contributed by atoms with van der Waals surface area (Å²) < 4.78 is 6.78. The zero-order chi connectivity index (χ0) is 15.1. The van der Waals surface area contributed by atoms with Crippen LogP contribution in [-0.2, 0) is 4.74 Å². The van der Waals surface area contributed by atoms with Crippen LogP contribution in [0.1, 0.15) is 29.8 Å². The monoisotopic (exact) mass is 361 g/mol. The van der Waals surface area contributed by atoms with Crippen molar-refractivity contribution in [1.29, 1.82) is 0 Å². The number of amides is 1. The number of H-pyrrole nitrogens is 1. The molecule has 3 heterocycles. The minimum absolute atomic E-state index is 0.114. The highest BCUT2D eigenvalue weighted by atomic mass is 79.9. The summed E-state index contributed by atoms with van der Waals surface area (Å²) >= 11 is 3.41. The molecule has 2 bridgehead atoms. The summed E-state index contributed by atoms with van der Waals surface area (Å²) in [7, 11) is 0. The molecule has 0 spiro atoms. The first-order valence-corrected chi connectivity index (χ1v) is 8.26. The van der Waals surface area contributed by atoms with Crippen LogP contribution < -0.4 is 5.32 Å². The number of rotatable bonds is 3. The zero-order valence-corrected chi connectivity index (χ0v) is 13.5. The molecule has 5 nitrogen and oxygen atoms in total. The Hall–Kier alpha value is -1.66. The molecule has 2 aromatic rings. The maximum Gasteiger partial charge on any atom is 0.269 e. The number of ether oxygens (including phenoxy) is 1. The number of carbonyl (C=O) groups excluding carboxylic acids is 1. The van der Waals surface area contributed by atoms with Gasteiger partial charge in [-0.3, -0.25) is 9.89 Å². The summed E-state index contributed by atoms with van der Waals surface area (Å²) in [5.41, 5.74) is 2.23. The molecule has 0 unspecified atom stereocenters. The number of aromatic amines is 1. The van der Waals surface area contributed by atoms with Gasteiger partial charge in [-0.2, -0.15) is 5.10 Å². The van der Waals surface area contributed by atoms with E-state index in [2.05, 4.69) is 31.4 Å². The fourth-order valence-corrected chi connectivity index (χ4v) is 3.51. The maximum absolute atomic E-state index is 12.3. The lowest BCUT2D eigenvalue weighted by Crippen LogP contribution is -2.41. The van der Waals surface area contributed by atoms with Gasteiger partial charge in [0.05, 0.1) is 23.9 Å². The van der Waals surface area contributed by atoms with Crippen LogP contribution in [0, 0.1) is 0 Å². The van der Waals surface area contributed by atoms with Crippen molar-refractivity contribution in [2.45, 2.75) is 37.5 Å². The van der Waals surface area contributed by atoms with E-state index in [-0.39, 0.29) is 18.1 Å². The minimum atomic E-state index is -0.114. The zero-order valence-electron chi connectivity index (χ0n) is 11.9. The maximum atomic E-state index is 12.3. The van der Waals surface area contributed by atoms with Crippen LogP contribution in [0.15, 0.2) is 34.8 Å². The van der Waals surface area contributed by atoms with Gasteiger partial charge in [0, 0.05) is 10.0 Å². The minimum Gasteiger partial charge on any atom is -0.373 e. The third-order valence-electron chi connectivity index (χ3n) is 4.38. The van der Waals surface area contributed by atoms with Gasteiger partial charge in [0.2, 0.25) is 0 Å². The number of fused-ring (bicyclic) bond motifs is 2. The van der Waals surface area contributed by atoms with Gasteiger partial charge in [-0.25, -0.2) is 0 Å². The second kappa shape index (κ2) is 5.52. The second-order valence-electron chi connectivity index (χ2n) is 5.86. The van der Waals surface area contributed by atoms with Crippen molar-refractivity contribution in [2.24, 2.45) is 0 Å². The van der Waals surface area contributed by atoms with Crippen LogP contribution >= 0.6 is 15.9 Å². The van der Waals surface area contributed by atoms with E-state index >= 15 is 0 Å². The topological polar surface area (TPSA) is 67.0 Å². The summed E-state index contributed by atoms with van der Waals surface area (Å²) in [6.07, 6.45) is 3.60. The molecule has 2 fully saturated rings. The number of nitrogens with one attached hydrogen (secondary N) is 2. The van der Waals surface area contributed by atoms with Crippen LogP contribution in [0.2, 0.25) is 0 Å². The number of halogens is 1. The van der Waals surface area contributed by atoms with Crippen molar-refractivity contribution in [3.05, 3.63) is 40.5 Å². The van der Waals surface area contributed by atoms with Gasteiger partial charge in [-0.1, -0.05) is 28.1 Å². The second-order valence-corrected chi connectivity index (χ2v) is 6.78. The fraction of sp³-hybridized carbons (Fsp3) is 0.375. The van der Waals surface area contributed by atoms with E-state index in [4.69, 9.17) is 4.74 Å². The molecule has 2 aliphatic rings. The van der Waals surface area contributed by atoms with Crippen LogP contribution in [0.25, 0.3) is 11.3 Å². The van der Waals surface area contributed by atoms with Crippen molar-refractivity contribution < 1.29 is 9.53 Å². The molecule has 2 N–H and O–H groups in total. The Morgan fingerprint density at radius 2 is 2.14 bits per heavy atom. The third-order valence-corrected chi connectivity index (χ3v) is 4.91. The quantitative estimate of drug-likeness (QED) is 0.883. The van der Waals surface area contributed by atoms with Crippen molar-refractivity contribution in [3.8, 4) is 11.3 Å². The molecule has 6 heteroatoms. The van der Waals surface area contributed by atoms with Crippen molar-refractivity contribution in [2.75, 3.05) is 0 Å². The summed E-state index contributed by atoms with van der Waals surface area (Å²) in [6, 6.07) is 9.75. The lowest BCUT2D eigenvalue weighted by atomic mass is 9.95. The highest BCUT2D eigenvalue weighted by Crippen LogP contribution is 2.34. The summed E-state index contributed by atoms with van der Waals surface area (Å²) in [5, 5.41) is 10.1. The van der Waals surface area contributed by atoms with Gasteiger partial charge in [0.1, 0.15) is 5.69 Å². The normalized spacial score (nSPS) is 26.3. The standard InChI is InChI=1S/C16H16BrN3O2/c17-10-3-1-9(2-4-10)12-8-14(20-19-12)16(21)18-13-7-11-5-6-15(13)22-11/h1-4,8,11,13,15H,5-7H2,(H,18,21)(H,19,20)/t11-,13-,15+/m1/s1. The van der Waals surface area contributed by atoms with E-state index in [9.17, 15) is 4.79 Å². The van der Waals surface area contributed by atoms with Gasteiger partial charge in [-0.15, -0.1) is 0 Å². The molecule has 4 rings (SSSR count). The smallest absolute Gasteiger partial charge is 0.269 e. The highest BCUT2D eigenvalue weighted by Gasteiger charge is 2.41. The Morgan fingerprint density at radius 3 is 2.82 bits per heavy atom. The molecule has 1 aromatic heterocycles. The molecule has 22 heavy (non-hydrogen) atoms. The average Bonchev–Trinajstić information content (AvgIpc) is 3.24. The van der Waals surface area contributed by atoms with Gasteiger partial charge < -0.3 is 10.1 Å². The number of benzene rings is 1. The molecule has 0 saturated carbocycles. The Morgan fingerprint density at radius 1 is 1.32 bits per heavy atom. The van der Waals surface area contributed by atoms with Gasteiger partial charge >= 0.3 is 0 Å². The average molecular weight is 362 g/mol. The Kier molecular flexibility index (Phi) is 3.50. The first kappa shape index (κ1) is 14.0. The van der Waals surface area contributed by atoms with E-state index < -0.39 is 0 Å². The van der Waals surface area contributed by atoms with E-state index in [0.717, 1.165) is 35.0 Å². The van der Waals surface area contributed by atoms with Crippen molar-refractivity contribution >= 4 is 21.8 Å². The molecule has 3 atom stereocenters. The molecular weight excluding hydrogens is 346 g/mol. The van der Waals surface area contributed by atoms with Gasteiger partial charge in [0.15, 0.2) is 0 Å². The van der Waals surface area contributed by atoms with Crippen LogP contribution in [-0.4, -0.2) is 34.4 Å². The summed E-state index contributed by atoms with van der Waals surface area (Å²) in [4.78, 5) is 12.3. The Bertz CT molecular complexity index is 698. The molecule has 1 amide bonds. The van der Waals surface area contributed by atoms with Gasteiger partial charge in [-0.05, 0) is 37.5 Å². The van der Waals surface area contributed by atoms with E-state index in [1.807, 2.05) is 24.3 Å². The number of carbonyl (C=O) groups is 1. The predicted octanol–water partition coefficient (Wildman–Crippen LogP) is 2.89. The van der Waals surface area contributed by atoms with E-state index in [0.29, 0.717) is 11.8 Å². The lowest BCUT2D eigenvalue weighted by molar-refractivity contribution is 0.0837. The highest BCUT2D eigenvalue weighted by molar-refractivity contribution is 9.10. The van der Waals surface area contributed by atoms with Crippen LogP contribution in [0.4, 0.5) is 0 Å². The predicted molar refractivity (Wildman–Crippen MR) is 85.5 cm³/mol. The first-order chi connectivity index (χ1) is 10.7. The van der Waals surface area contributed by atoms with Crippen LogP contribution in [0.3, 0.4) is 0 Å². The first-order valence-electron chi connectivity index (χ1n) is 7.47. The van der Waals surface area contributed by atoms with Crippen molar-refractivity contribution in [1.82, 2.24) is 15.5 Å². The number of hydrogen-bond donors (Lipinski definition) is 2. The van der Waals surface area contributed by atoms with E-state index in [1.165, 1.54) is 0 Å². The van der Waals surface area contributed by atoms with E-state index in [1.54, 1.807) is 6.07 Å². The van der Waals surface area contributed by atoms with Crippen molar-refractivity contribution in [3.63, 3.8) is 0 Å². The third kappa shape index (κ3) is 2.57. The van der Waals surface area contributed by atoms with Crippen LogP contribution in [0.5, 0.6) is 0 Å². The summed E-state index contributed by atoms with van der Waals surface area (Å²) in [6.45, 7) is 0. The molecule has 1 aromatic carbocycles. The fourth-order valence-electron chi connectivity index (χ4n) is 3.24. The lowest BCUT2D eigenvalue weighted by Gasteiger charge is -2.19. The molecule has 2 saturated heterocycles. The SMILES string of the molecule is O=C(N[C@@H]1C[C@H]2CC[C@@H]1O2)c1cc(-c2ccc(Br)cc2)n[nH]1. The van der Waals surface area contributed by atoms with Gasteiger partial charge in [0.25, 0.3) is 5.91 Å². The summed E-state index contributed by atoms with van der Waals surface area (Å²) in [5.74, 6) is -0.114. The molecule has 0 aliphatic carbocycles. The largest absolute Gasteiger partial charge is 0.373 e. The molecule has 0 radical (unpaired) electrons. The molecular formula is C16H16BrN3O2. The Labute approximate surface area is 136 Å². The number of hydrogen-bond acceptors (Lipinski definition) is 3. The number of aromatic nitrogens is 2. The molecule has 114 valence electrons. The Balaban J connectivity index is 1.46. The number of nitrogens with zero attached hydrogens (tertiary/aromatic N) is 1. The molecule has 2 aliphatic heterocycles.